The van der Waals surface area contributed by atoms with Crippen molar-refractivity contribution in [1.82, 2.24) is 0 Å². The number of anilines is 1. The summed E-state index contributed by atoms with van der Waals surface area (Å²) in [5.41, 5.74) is 0.738. The van der Waals surface area contributed by atoms with Crippen LogP contribution >= 0.6 is 0 Å². The molecule has 1 fully saturated rings. The first kappa shape index (κ1) is 27.9. The lowest BCUT2D eigenvalue weighted by Crippen LogP contribution is -2.36. The summed E-state index contributed by atoms with van der Waals surface area (Å²) in [6.45, 7) is 5.95. The fourth-order valence-corrected chi connectivity index (χ4v) is 4.93. The Balaban J connectivity index is 1.32. The predicted octanol–water partition coefficient (Wildman–Crippen LogP) is 6.89. The van der Waals surface area contributed by atoms with Gasteiger partial charge in [0.25, 0.3) is 5.91 Å². The summed E-state index contributed by atoms with van der Waals surface area (Å²) < 4.78 is 16.9. The lowest BCUT2D eigenvalue weighted by molar-refractivity contribution is -0.119. The lowest BCUT2D eigenvalue weighted by Gasteiger charge is -2.36. The molecule has 1 aliphatic rings. The van der Waals surface area contributed by atoms with E-state index < -0.39 is 24.5 Å². The van der Waals surface area contributed by atoms with Crippen LogP contribution in [0.5, 0.6) is 11.5 Å². The van der Waals surface area contributed by atoms with Gasteiger partial charge in [-0.25, -0.2) is 9.59 Å². The van der Waals surface area contributed by atoms with E-state index in [9.17, 15) is 14.4 Å². The second kappa shape index (κ2) is 13.1. The lowest BCUT2D eigenvalue weighted by atomic mass is 9.75. The number of hydrogen-bond donors (Lipinski definition) is 1. The fourth-order valence-electron chi connectivity index (χ4n) is 4.93. The molecule has 3 aromatic carbocycles. The van der Waals surface area contributed by atoms with Crippen molar-refractivity contribution < 1.29 is 28.6 Å². The molecular weight excluding hydrogens is 494 g/mol. The number of carbonyl (C=O) groups is 3. The smallest absolute Gasteiger partial charge is 0.339 e. The van der Waals surface area contributed by atoms with Crippen LogP contribution in [0.3, 0.4) is 0 Å². The van der Waals surface area contributed by atoms with Crippen molar-refractivity contribution >= 4 is 23.5 Å². The van der Waals surface area contributed by atoms with E-state index in [1.54, 1.807) is 42.5 Å². The van der Waals surface area contributed by atoms with E-state index in [0.717, 1.165) is 19.3 Å². The molecule has 3 aromatic rings. The summed E-state index contributed by atoms with van der Waals surface area (Å²) >= 11 is 0. The maximum Gasteiger partial charge on any atom is 0.339 e. The van der Waals surface area contributed by atoms with Gasteiger partial charge < -0.3 is 19.5 Å². The van der Waals surface area contributed by atoms with E-state index in [-0.39, 0.29) is 23.1 Å². The minimum Gasteiger partial charge on any atom is -0.458 e. The van der Waals surface area contributed by atoms with Crippen LogP contribution in [0.4, 0.5) is 5.69 Å². The molecular formula is C32H35NO6. The number of benzene rings is 3. The van der Waals surface area contributed by atoms with E-state index in [0.29, 0.717) is 29.0 Å². The summed E-state index contributed by atoms with van der Waals surface area (Å²) in [6, 6.07) is 22.6. The first-order valence-corrected chi connectivity index (χ1v) is 13.4. The summed E-state index contributed by atoms with van der Waals surface area (Å²) in [4.78, 5) is 38.4. The van der Waals surface area contributed by atoms with E-state index in [4.69, 9.17) is 14.2 Å². The average Bonchev–Trinajstić information content (AvgIpc) is 2.93. The Morgan fingerprint density at radius 3 is 2.10 bits per heavy atom. The number of carbonyl (C=O) groups excluding carboxylic acids is 3. The molecule has 0 radical (unpaired) electrons. The maximum absolute atomic E-state index is 13.1. The zero-order chi connectivity index (χ0) is 27.8. The zero-order valence-corrected chi connectivity index (χ0v) is 22.6. The Bertz CT molecular complexity index is 1270. The molecule has 0 unspecified atom stereocenters. The van der Waals surface area contributed by atoms with Crippen LogP contribution in [0.1, 0.15) is 60.7 Å². The monoisotopic (exact) mass is 529 g/mol. The van der Waals surface area contributed by atoms with Gasteiger partial charge in [-0.05, 0) is 79.1 Å². The number of nitrogens with one attached hydrogen (secondary N) is 1. The predicted molar refractivity (Wildman–Crippen MR) is 149 cm³/mol. The van der Waals surface area contributed by atoms with Crippen LogP contribution in [0.2, 0.25) is 0 Å². The van der Waals surface area contributed by atoms with Crippen LogP contribution in [0, 0.1) is 17.8 Å². The molecule has 0 spiro atoms. The molecule has 1 aliphatic carbocycles. The van der Waals surface area contributed by atoms with Gasteiger partial charge in [0.15, 0.2) is 6.61 Å². The van der Waals surface area contributed by atoms with Crippen molar-refractivity contribution in [3.05, 3.63) is 90.0 Å². The Morgan fingerprint density at radius 2 is 1.44 bits per heavy atom. The molecule has 1 N–H and O–H groups in total. The summed E-state index contributed by atoms with van der Waals surface area (Å²) in [5, 5.41) is 2.69. The zero-order valence-electron chi connectivity index (χ0n) is 22.6. The highest BCUT2D eigenvalue weighted by molar-refractivity contribution is 6.04. The van der Waals surface area contributed by atoms with Crippen molar-refractivity contribution in [2.45, 2.75) is 46.1 Å². The molecule has 3 atom stereocenters. The summed E-state index contributed by atoms with van der Waals surface area (Å²) in [5.74, 6) is 0.667. The Kier molecular flexibility index (Phi) is 9.36. The summed E-state index contributed by atoms with van der Waals surface area (Å²) in [7, 11) is 0. The second-order valence-electron chi connectivity index (χ2n) is 10.4. The standard InChI is InChI=1S/C32H35NO6/c1-21(2)26-18-13-22(3)19-29(26)39-32(36)28-12-8-7-11-27(28)31(35)37-20-30(34)33-23-14-16-25(17-15-23)38-24-9-5-4-6-10-24/h4-12,14-17,21-22,26,29H,13,18-20H2,1-3H3,(H,33,34)/t22-,26-,29+/m1/s1. The average molecular weight is 530 g/mol. The molecule has 204 valence electrons. The largest absolute Gasteiger partial charge is 0.458 e. The topological polar surface area (TPSA) is 90.9 Å². The molecule has 4 rings (SSSR count). The van der Waals surface area contributed by atoms with Crippen LogP contribution in [0.15, 0.2) is 78.9 Å². The van der Waals surface area contributed by atoms with Crippen molar-refractivity contribution in [1.29, 1.82) is 0 Å². The molecule has 1 amide bonds. The minimum atomic E-state index is -0.762. The summed E-state index contributed by atoms with van der Waals surface area (Å²) in [6.07, 6.45) is 2.74. The third-order valence-electron chi connectivity index (χ3n) is 7.04. The maximum atomic E-state index is 13.1. The number of hydrogen-bond acceptors (Lipinski definition) is 6. The van der Waals surface area contributed by atoms with Gasteiger partial charge in [0.05, 0.1) is 11.1 Å². The minimum absolute atomic E-state index is 0.0719. The normalized spacial score (nSPS) is 18.7. The molecule has 7 nitrogen and oxygen atoms in total. The number of rotatable bonds is 9. The third-order valence-corrected chi connectivity index (χ3v) is 7.04. The quantitative estimate of drug-likeness (QED) is 0.304. The van der Waals surface area contributed by atoms with E-state index >= 15 is 0 Å². The highest BCUT2D eigenvalue weighted by atomic mass is 16.5. The van der Waals surface area contributed by atoms with Gasteiger partial charge in [-0.3, -0.25) is 4.79 Å². The van der Waals surface area contributed by atoms with Crippen LogP contribution in [0.25, 0.3) is 0 Å². The fraction of sp³-hybridized carbons (Fsp3) is 0.344. The van der Waals surface area contributed by atoms with Gasteiger partial charge in [-0.1, -0.05) is 57.5 Å². The van der Waals surface area contributed by atoms with Gasteiger partial charge in [-0.15, -0.1) is 0 Å². The van der Waals surface area contributed by atoms with Gasteiger partial charge in [0, 0.05) is 5.69 Å². The highest BCUT2D eigenvalue weighted by Crippen LogP contribution is 2.36. The van der Waals surface area contributed by atoms with Crippen molar-refractivity contribution in [2.24, 2.45) is 17.8 Å². The second-order valence-corrected chi connectivity index (χ2v) is 10.4. The number of ether oxygens (including phenoxy) is 3. The van der Waals surface area contributed by atoms with Crippen molar-refractivity contribution in [2.75, 3.05) is 11.9 Å². The molecule has 0 bridgehead atoms. The van der Waals surface area contributed by atoms with Gasteiger partial charge in [0.1, 0.15) is 17.6 Å². The molecule has 0 saturated heterocycles. The Hall–Kier alpha value is -4.13. The molecule has 0 aromatic heterocycles. The van der Waals surface area contributed by atoms with Gasteiger partial charge in [0.2, 0.25) is 0 Å². The van der Waals surface area contributed by atoms with E-state index in [2.05, 4.69) is 26.1 Å². The van der Waals surface area contributed by atoms with Crippen LogP contribution in [-0.4, -0.2) is 30.6 Å². The van der Waals surface area contributed by atoms with E-state index in [1.807, 2.05) is 30.3 Å². The first-order valence-electron chi connectivity index (χ1n) is 13.4. The van der Waals surface area contributed by atoms with Crippen molar-refractivity contribution in [3.63, 3.8) is 0 Å². The number of esters is 2. The molecule has 39 heavy (non-hydrogen) atoms. The van der Waals surface area contributed by atoms with Crippen LogP contribution < -0.4 is 10.1 Å². The van der Waals surface area contributed by atoms with Crippen molar-refractivity contribution in [3.8, 4) is 11.5 Å². The Labute approximate surface area is 229 Å². The third kappa shape index (κ3) is 7.69. The molecule has 0 aliphatic heterocycles. The number of para-hydroxylation sites is 1. The Morgan fingerprint density at radius 1 is 0.821 bits per heavy atom. The van der Waals surface area contributed by atoms with Gasteiger partial charge in [-0.2, -0.15) is 0 Å². The SMILES string of the molecule is CC(C)[C@H]1CC[C@@H](C)C[C@@H]1OC(=O)c1ccccc1C(=O)OCC(=O)Nc1ccc(Oc2ccccc2)cc1. The molecule has 7 heteroatoms. The molecule has 1 saturated carbocycles. The highest BCUT2D eigenvalue weighted by Gasteiger charge is 2.34. The number of amides is 1. The van der Waals surface area contributed by atoms with Gasteiger partial charge >= 0.3 is 11.9 Å². The van der Waals surface area contributed by atoms with Crippen LogP contribution in [-0.2, 0) is 14.3 Å². The van der Waals surface area contributed by atoms with E-state index in [1.165, 1.54) is 6.07 Å². The first-order chi connectivity index (χ1) is 18.8. The molecule has 0 heterocycles.